The van der Waals surface area contributed by atoms with Crippen LogP contribution < -0.4 is 20.8 Å². The van der Waals surface area contributed by atoms with Gasteiger partial charge >= 0.3 is 11.8 Å². The van der Waals surface area contributed by atoms with Crippen LogP contribution in [0.15, 0.2) is 71.2 Å². The third-order valence-corrected chi connectivity index (χ3v) is 6.26. The van der Waals surface area contributed by atoms with Crippen molar-refractivity contribution in [3.05, 3.63) is 87.5 Å². The molecule has 10 heteroatoms. The number of carbonyl (C=O) groups is 3. The Labute approximate surface area is 220 Å². The zero-order valence-corrected chi connectivity index (χ0v) is 21.7. The van der Waals surface area contributed by atoms with Crippen LogP contribution in [0.4, 0.5) is 11.4 Å². The van der Waals surface area contributed by atoms with Crippen molar-refractivity contribution in [3.63, 3.8) is 0 Å². The molecule has 184 valence electrons. The van der Waals surface area contributed by atoms with Crippen LogP contribution in [0.2, 0.25) is 5.02 Å². The van der Waals surface area contributed by atoms with E-state index in [-0.39, 0.29) is 5.69 Å². The molecule has 0 unspecified atom stereocenters. The zero-order valence-electron chi connectivity index (χ0n) is 19.4. The molecule has 0 aliphatic rings. The van der Waals surface area contributed by atoms with Crippen LogP contribution in [0.5, 0.6) is 5.75 Å². The summed E-state index contributed by atoms with van der Waals surface area (Å²) in [5, 5.41) is 6.56. The van der Waals surface area contributed by atoms with Crippen molar-refractivity contribution in [2.75, 3.05) is 22.7 Å². The number of nitrogens with one attached hydrogen (secondary N) is 3. The van der Waals surface area contributed by atoms with Gasteiger partial charge in [-0.3, -0.25) is 19.8 Å². The first kappa shape index (κ1) is 25.3. The standard InChI is InChI=1S/C26H22BrClN4O4/c1-3-36-19-10-8-18(9-11-19)29-25(34)26(35)31-32-22-12-7-17(27)13-16(22)14-23(32)24(33)30-21-6-4-5-20(28)15(21)2/h4-14H,3H2,1-2H3,(H,29,34)(H,30,33)(H,31,35). The fourth-order valence-electron chi connectivity index (χ4n) is 3.54. The van der Waals surface area contributed by atoms with Crippen LogP contribution in [-0.2, 0) is 9.59 Å². The van der Waals surface area contributed by atoms with E-state index in [0.717, 1.165) is 4.47 Å². The maximum atomic E-state index is 13.2. The number of amides is 3. The lowest BCUT2D eigenvalue weighted by molar-refractivity contribution is -0.133. The molecule has 0 bridgehead atoms. The predicted octanol–water partition coefficient (Wildman–Crippen LogP) is 5.73. The van der Waals surface area contributed by atoms with Crippen LogP contribution in [0.1, 0.15) is 23.0 Å². The summed E-state index contributed by atoms with van der Waals surface area (Å²) in [6.45, 7) is 4.17. The number of aromatic nitrogens is 1. The number of hydrogen-bond acceptors (Lipinski definition) is 4. The van der Waals surface area contributed by atoms with Gasteiger partial charge in [-0.1, -0.05) is 33.6 Å². The lowest BCUT2D eigenvalue weighted by Gasteiger charge is -2.14. The van der Waals surface area contributed by atoms with E-state index in [2.05, 4.69) is 32.0 Å². The number of hydrogen-bond donors (Lipinski definition) is 3. The Kier molecular flexibility index (Phi) is 7.61. The van der Waals surface area contributed by atoms with E-state index in [1.54, 1.807) is 73.7 Å². The average Bonchev–Trinajstić information content (AvgIpc) is 3.20. The summed E-state index contributed by atoms with van der Waals surface area (Å²) in [5.74, 6) is -1.68. The molecule has 0 radical (unpaired) electrons. The molecule has 1 aromatic heterocycles. The van der Waals surface area contributed by atoms with Crippen molar-refractivity contribution in [1.82, 2.24) is 4.68 Å². The van der Waals surface area contributed by atoms with Crippen LogP contribution in [-0.4, -0.2) is 29.0 Å². The molecule has 0 aliphatic heterocycles. The molecular weight excluding hydrogens is 548 g/mol. The smallest absolute Gasteiger partial charge is 0.328 e. The van der Waals surface area contributed by atoms with Gasteiger partial charge < -0.3 is 15.4 Å². The molecule has 3 amide bonds. The molecule has 4 aromatic rings. The number of ether oxygens (including phenoxy) is 1. The minimum absolute atomic E-state index is 0.129. The van der Waals surface area contributed by atoms with E-state index in [4.69, 9.17) is 16.3 Å². The lowest BCUT2D eigenvalue weighted by Crippen LogP contribution is -2.36. The summed E-state index contributed by atoms with van der Waals surface area (Å²) in [6, 6.07) is 18.7. The first-order chi connectivity index (χ1) is 17.3. The number of carbonyl (C=O) groups excluding carboxylic acids is 3. The van der Waals surface area contributed by atoms with Crippen molar-refractivity contribution in [1.29, 1.82) is 0 Å². The van der Waals surface area contributed by atoms with Crippen molar-refractivity contribution < 1.29 is 19.1 Å². The highest BCUT2D eigenvalue weighted by Crippen LogP contribution is 2.26. The highest BCUT2D eigenvalue weighted by molar-refractivity contribution is 9.10. The van der Waals surface area contributed by atoms with E-state index in [9.17, 15) is 14.4 Å². The fraction of sp³-hybridized carbons (Fsp3) is 0.115. The highest BCUT2D eigenvalue weighted by Gasteiger charge is 2.22. The van der Waals surface area contributed by atoms with Crippen molar-refractivity contribution >= 4 is 67.5 Å². The van der Waals surface area contributed by atoms with Gasteiger partial charge in [-0.15, -0.1) is 0 Å². The number of anilines is 2. The van der Waals surface area contributed by atoms with Gasteiger partial charge in [0, 0.05) is 26.3 Å². The maximum Gasteiger partial charge on any atom is 0.328 e. The molecule has 3 N–H and O–H groups in total. The van der Waals surface area contributed by atoms with Crippen LogP contribution in [0, 0.1) is 6.92 Å². The third kappa shape index (κ3) is 5.53. The van der Waals surface area contributed by atoms with Gasteiger partial charge in [0.05, 0.1) is 12.1 Å². The summed E-state index contributed by atoms with van der Waals surface area (Å²) in [6.07, 6.45) is 0. The quantitative estimate of drug-likeness (QED) is 0.258. The number of benzene rings is 3. The minimum atomic E-state index is -0.947. The van der Waals surface area contributed by atoms with Gasteiger partial charge in [0.25, 0.3) is 5.91 Å². The Morgan fingerprint density at radius 3 is 2.44 bits per heavy atom. The van der Waals surface area contributed by atoms with E-state index in [0.29, 0.717) is 45.2 Å². The molecule has 8 nitrogen and oxygen atoms in total. The molecule has 1 heterocycles. The number of nitrogens with zero attached hydrogens (tertiary/aromatic N) is 1. The number of rotatable bonds is 6. The van der Waals surface area contributed by atoms with Gasteiger partial charge in [-0.05, 0) is 80.1 Å². The second kappa shape index (κ2) is 10.8. The predicted molar refractivity (Wildman–Crippen MR) is 144 cm³/mol. The second-order valence-electron chi connectivity index (χ2n) is 7.79. The van der Waals surface area contributed by atoms with E-state index < -0.39 is 17.7 Å². The molecule has 0 saturated carbocycles. The summed E-state index contributed by atoms with van der Waals surface area (Å²) < 4.78 is 7.47. The minimum Gasteiger partial charge on any atom is -0.494 e. The average molecular weight is 570 g/mol. The van der Waals surface area contributed by atoms with Crippen molar-refractivity contribution in [3.8, 4) is 5.75 Å². The third-order valence-electron chi connectivity index (χ3n) is 5.35. The SMILES string of the molecule is CCOc1ccc(NC(=O)C(=O)Nn2c(C(=O)Nc3cccc(Cl)c3C)cc3cc(Br)ccc32)cc1. The highest BCUT2D eigenvalue weighted by atomic mass is 79.9. The molecule has 0 spiro atoms. The van der Waals surface area contributed by atoms with Crippen LogP contribution in [0.25, 0.3) is 10.9 Å². The summed E-state index contributed by atoms with van der Waals surface area (Å²) in [5.41, 5.74) is 4.86. The molecular formula is C26H22BrClN4O4. The summed E-state index contributed by atoms with van der Waals surface area (Å²) in [7, 11) is 0. The monoisotopic (exact) mass is 568 g/mol. The first-order valence-corrected chi connectivity index (χ1v) is 12.2. The number of halogens is 2. The first-order valence-electron chi connectivity index (χ1n) is 11.0. The molecule has 36 heavy (non-hydrogen) atoms. The van der Waals surface area contributed by atoms with Gasteiger partial charge in [0.15, 0.2) is 0 Å². The molecule has 0 saturated heterocycles. The number of fused-ring (bicyclic) bond motifs is 1. The largest absolute Gasteiger partial charge is 0.494 e. The summed E-state index contributed by atoms with van der Waals surface area (Å²) >= 11 is 9.60. The Hall–Kier alpha value is -3.82. The van der Waals surface area contributed by atoms with Gasteiger partial charge in [-0.25, -0.2) is 4.68 Å². The van der Waals surface area contributed by atoms with E-state index >= 15 is 0 Å². The van der Waals surface area contributed by atoms with Crippen molar-refractivity contribution in [2.24, 2.45) is 0 Å². The van der Waals surface area contributed by atoms with Crippen LogP contribution >= 0.6 is 27.5 Å². The van der Waals surface area contributed by atoms with Crippen molar-refractivity contribution in [2.45, 2.75) is 13.8 Å². The van der Waals surface area contributed by atoms with Gasteiger partial charge in [0.1, 0.15) is 11.4 Å². The Balaban J connectivity index is 1.59. The normalized spacial score (nSPS) is 10.7. The second-order valence-corrected chi connectivity index (χ2v) is 9.11. The molecule has 4 rings (SSSR count). The zero-order chi connectivity index (χ0) is 25.8. The Bertz CT molecular complexity index is 1470. The fourth-order valence-corrected chi connectivity index (χ4v) is 4.10. The molecule has 3 aromatic carbocycles. The van der Waals surface area contributed by atoms with E-state index in [1.807, 2.05) is 6.92 Å². The Morgan fingerprint density at radius 1 is 0.972 bits per heavy atom. The maximum absolute atomic E-state index is 13.2. The molecule has 0 aliphatic carbocycles. The van der Waals surface area contributed by atoms with E-state index in [1.165, 1.54) is 4.68 Å². The van der Waals surface area contributed by atoms with Gasteiger partial charge in [-0.2, -0.15) is 0 Å². The summed E-state index contributed by atoms with van der Waals surface area (Å²) in [4.78, 5) is 38.6. The van der Waals surface area contributed by atoms with Crippen LogP contribution in [0.3, 0.4) is 0 Å². The Morgan fingerprint density at radius 2 is 1.72 bits per heavy atom. The van der Waals surface area contributed by atoms with Gasteiger partial charge in [0.2, 0.25) is 0 Å². The topological polar surface area (TPSA) is 101 Å². The molecule has 0 atom stereocenters. The lowest BCUT2D eigenvalue weighted by atomic mass is 10.2. The molecule has 0 fully saturated rings.